The number of nitrogens with zero attached hydrogens (tertiary/aromatic N) is 8. The summed E-state index contributed by atoms with van der Waals surface area (Å²) in [6, 6.07) is 27.5. The van der Waals surface area contributed by atoms with Crippen molar-refractivity contribution in [3.63, 3.8) is 0 Å². The molecule has 6 aromatic rings. The van der Waals surface area contributed by atoms with Crippen LogP contribution in [-0.2, 0) is 37.8 Å². The average Bonchev–Trinajstić information content (AvgIpc) is 4.05. The summed E-state index contributed by atoms with van der Waals surface area (Å²) in [4.78, 5) is 35.0. The molecular formula is C44H49F2N9O6S. The third-order valence-corrected chi connectivity index (χ3v) is 14.0. The number of rotatable bonds is 15. The molecule has 2 aliphatic rings. The molecule has 0 radical (unpaired) electrons. The Labute approximate surface area is 358 Å². The van der Waals surface area contributed by atoms with E-state index < -0.39 is 50.8 Å². The van der Waals surface area contributed by atoms with E-state index in [-0.39, 0.29) is 31.0 Å². The topological polar surface area (TPSA) is 157 Å². The number of benzene rings is 4. The molecule has 15 nitrogen and oxygen atoms in total. The Bertz CT molecular complexity index is 2570. The Morgan fingerprint density at radius 3 is 2.24 bits per heavy atom. The lowest BCUT2D eigenvalue weighted by molar-refractivity contribution is -0.192. The van der Waals surface area contributed by atoms with Crippen LogP contribution in [0.15, 0.2) is 121 Å². The van der Waals surface area contributed by atoms with Crippen LogP contribution in [0.25, 0.3) is 5.69 Å². The number of piperazine rings is 1. The number of anilines is 2. The lowest BCUT2D eigenvalue weighted by Gasteiger charge is -2.37. The van der Waals surface area contributed by atoms with Gasteiger partial charge in [-0.3, -0.25) is 4.79 Å². The van der Waals surface area contributed by atoms with Crippen molar-refractivity contribution in [1.29, 1.82) is 0 Å². The second kappa shape index (κ2) is 18.0. The molecule has 2 aliphatic heterocycles. The molecule has 0 aliphatic carbocycles. The lowest BCUT2D eigenvalue weighted by atomic mass is 10.0. The number of hydrogen-bond acceptors (Lipinski definition) is 12. The van der Waals surface area contributed by atoms with Gasteiger partial charge in [-0.25, -0.2) is 27.8 Å². The zero-order valence-electron chi connectivity index (χ0n) is 34.4. The molecule has 8 rings (SSSR count). The number of aromatic nitrogens is 6. The van der Waals surface area contributed by atoms with Crippen molar-refractivity contribution in [2.75, 3.05) is 55.4 Å². The molecule has 4 aromatic carbocycles. The summed E-state index contributed by atoms with van der Waals surface area (Å²) >= 11 is 0. The molecule has 4 heterocycles. The summed E-state index contributed by atoms with van der Waals surface area (Å²) in [5, 5.41) is 8.50. The Balaban J connectivity index is 0.824. The standard InChI is InChI=1S/C44H49F2N9O6S/c1-31(60-42(56)41(47)23-32-7-5-4-6-8-32)62(2,3)55-43(57)54(30-50-55)36-12-10-34(11-13-36)51-19-21-52(22-20-51)35-14-16-37(17-15-35)58-25-38-26-59-44(61-38,27-53-29-48-28-49-53)39-18-9-33(45)24-40(39)46/h4-18,24,28-31,38,41,62H,2,19-23,25-27,47H2,1,3H3/t31-,38?,41+,44-/m1/s1. The molecule has 1 unspecified atom stereocenters. The molecule has 4 atom stereocenters. The number of carbonyl (C=O) groups excluding carboxylic acids is 1. The van der Waals surface area contributed by atoms with Crippen LogP contribution in [0.4, 0.5) is 20.2 Å². The first-order valence-corrected chi connectivity index (χ1v) is 22.6. The van der Waals surface area contributed by atoms with E-state index >= 15 is 0 Å². The van der Waals surface area contributed by atoms with E-state index in [1.807, 2.05) is 78.9 Å². The van der Waals surface area contributed by atoms with Crippen molar-refractivity contribution in [1.82, 2.24) is 28.5 Å². The number of thiol groups is 1. The fourth-order valence-corrected chi connectivity index (χ4v) is 8.94. The first-order valence-electron chi connectivity index (χ1n) is 20.2. The molecule has 0 bridgehead atoms. The summed E-state index contributed by atoms with van der Waals surface area (Å²) in [6.07, 6.45) is 5.90. The summed E-state index contributed by atoms with van der Waals surface area (Å²) in [5.41, 5.74) is 8.82. The van der Waals surface area contributed by atoms with E-state index in [1.54, 1.807) is 13.2 Å². The van der Waals surface area contributed by atoms with Crippen molar-refractivity contribution in [3.8, 4) is 11.4 Å². The Hall–Kier alpha value is -6.21. The molecule has 2 fully saturated rings. The van der Waals surface area contributed by atoms with E-state index in [2.05, 4.69) is 30.9 Å². The van der Waals surface area contributed by atoms with E-state index in [1.165, 1.54) is 38.4 Å². The van der Waals surface area contributed by atoms with Gasteiger partial charge in [-0.1, -0.05) is 36.2 Å². The summed E-state index contributed by atoms with van der Waals surface area (Å²) in [6.45, 7) is 5.17. The number of hydrogen-bond donors (Lipinski definition) is 2. The highest BCUT2D eigenvalue weighted by Crippen LogP contribution is 2.38. The number of nitrogens with two attached hydrogens (primary N) is 1. The normalized spacial score (nSPS) is 19.3. The van der Waals surface area contributed by atoms with Crippen molar-refractivity contribution in [2.24, 2.45) is 5.73 Å². The Morgan fingerprint density at radius 1 is 0.935 bits per heavy atom. The highest BCUT2D eigenvalue weighted by atomic mass is 32.2. The molecular weight excluding hydrogens is 821 g/mol. The SMILES string of the molecule is C=[SH](C)([C@H](C)OC(=O)[C@@H](N)Cc1ccccc1)n1ncn(-c2ccc(N3CCN(c4ccc(OCC5CO[C@@](Cn6cncn6)(c6ccc(F)cc6F)O5)cc4)CC3)cc2)c1=O. The molecule has 0 spiro atoms. The van der Waals surface area contributed by atoms with Crippen molar-refractivity contribution in [3.05, 3.63) is 149 Å². The largest absolute Gasteiger partial charge is 0.491 e. The van der Waals surface area contributed by atoms with Gasteiger partial charge in [0.15, 0.2) is 0 Å². The van der Waals surface area contributed by atoms with Crippen LogP contribution in [0.1, 0.15) is 18.1 Å². The molecule has 2 saturated heterocycles. The summed E-state index contributed by atoms with van der Waals surface area (Å²) in [5.74, 6) is 1.36. The fourth-order valence-electron chi connectivity index (χ4n) is 7.53. The van der Waals surface area contributed by atoms with Gasteiger partial charge in [-0.2, -0.15) is 9.19 Å². The van der Waals surface area contributed by atoms with Crippen LogP contribution < -0.4 is 26.0 Å². The number of ether oxygens (including phenoxy) is 4. The van der Waals surface area contributed by atoms with Gasteiger partial charge < -0.3 is 34.5 Å². The van der Waals surface area contributed by atoms with Crippen molar-refractivity contribution >= 4 is 33.0 Å². The second-order valence-corrected chi connectivity index (χ2v) is 19.1. The zero-order chi connectivity index (χ0) is 43.4. The van der Waals surface area contributed by atoms with Gasteiger partial charge >= 0.3 is 11.7 Å². The lowest BCUT2D eigenvalue weighted by Crippen LogP contribution is -2.46. The van der Waals surface area contributed by atoms with Crippen LogP contribution in [0.2, 0.25) is 0 Å². The van der Waals surface area contributed by atoms with Crippen LogP contribution in [0.5, 0.6) is 5.75 Å². The average molecular weight is 870 g/mol. The van der Waals surface area contributed by atoms with Gasteiger partial charge in [-0.15, -0.1) is 14.9 Å². The van der Waals surface area contributed by atoms with Crippen molar-refractivity contribution in [2.45, 2.75) is 43.3 Å². The Kier molecular flexibility index (Phi) is 12.3. The van der Waals surface area contributed by atoms with Gasteiger partial charge in [-0.05, 0) is 85.8 Å². The van der Waals surface area contributed by atoms with Gasteiger partial charge in [0, 0.05) is 49.2 Å². The first-order chi connectivity index (χ1) is 29.9. The predicted molar refractivity (Wildman–Crippen MR) is 234 cm³/mol. The monoisotopic (exact) mass is 869 g/mol. The smallest absolute Gasteiger partial charge is 0.358 e. The quantitative estimate of drug-likeness (QED) is 0.0854. The zero-order valence-corrected chi connectivity index (χ0v) is 35.3. The maximum atomic E-state index is 15.0. The predicted octanol–water partition coefficient (Wildman–Crippen LogP) is 4.40. The minimum absolute atomic E-state index is 0.0138. The maximum absolute atomic E-state index is 15.0. The second-order valence-electron chi connectivity index (χ2n) is 15.5. The molecule has 62 heavy (non-hydrogen) atoms. The van der Waals surface area contributed by atoms with E-state index in [0.717, 1.165) is 55.2 Å². The van der Waals surface area contributed by atoms with Gasteiger partial charge in [0.25, 0.3) is 0 Å². The maximum Gasteiger partial charge on any atom is 0.358 e. The summed E-state index contributed by atoms with van der Waals surface area (Å²) in [7, 11) is -2.63. The van der Waals surface area contributed by atoms with Crippen LogP contribution in [0.3, 0.4) is 0 Å². The molecule has 18 heteroatoms. The third kappa shape index (κ3) is 9.18. The van der Waals surface area contributed by atoms with Crippen LogP contribution >= 0.6 is 9.80 Å². The van der Waals surface area contributed by atoms with E-state index in [9.17, 15) is 18.4 Å². The van der Waals surface area contributed by atoms with Gasteiger partial charge in [0.2, 0.25) is 5.79 Å². The van der Waals surface area contributed by atoms with Crippen LogP contribution in [0, 0.1) is 11.6 Å². The Morgan fingerprint density at radius 2 is 1.60 bits per heavy atom. The van der Waals surface area contributed by atoms with Gasteiger partial charge in [0.05, 0.1) is 12.3 Å². The third-order valence-electron chi connectivity index (χ3n) is 11.2. The molecule has 0 amide bonds. The first kappa shape index (κ1) is 42.5. The highest BCUT2D eigenvalue weighted by molar-refractivity contribution is 8.29. The number of halogens is 2. The molecule has 326 valence electrons. The molecule has 2 N–H and O–H groups in total. The molecule has 0 saturated carbocycles. The molecule has 2 aromatic heterocycles. The van der Waals surface area contributed by atoms with Crippen LogP contribution in [-0.4, -0.2) is 104 Å². The van der Waals surface area contributed by atoms with Crippen molar-refractivity contribution < 1.29 is 32.5 Å². The number of carbonyl (C=O) groups is 1. The minimum Gasteiger partial charge on any atom is -0.491 e. The summed E-state index contributed by atoms with van der Waals surface area (Å²) < 4.78 is 57.1. The van der Waals surface area contributed by atoms with Gasteiger partial charge in [0.1, 0.15) is 67.1 Å². The fraction of sp³-hybridized carbons (Fsp3) is 0.318. The number of esters is 1. The highest BCUT2D eigenvalue weighted by Gasteiger charge is 2.46. The van der Waals surface area contributed by atoms with E-state index in [4.69, 9.17) is 24.7 Å². The minimum atomic E-state index is -2.63. The van der Waals surface area contributed by atoms with E-state index in [0.29, 0.717) is 17.9 Å².